The van der Waals surface area contributed by atoms with Crippen molar-refractivity contribution in [2.75, 3.05) is 0 Å². The maximum Gasteiger partial charge on any atom is 0.416 e. The van der Waals surface area contributed by atoms with Gasteiger partial charge in [0.05, 0.1) is 17.0 Å². The predicted octanol–water partition coefficient (Wildman–Crippen LogP) is 4.30. The molecule has 0 bridgehead atoms. The average Bonchev–Trinajstić information content (AvgIpc) is 3.10. The fourth-order valence-corrected chi connectivity index (χ4v) is 2.20. The summed E-state index contributed by atoms with van der Waals surface area (Å²) < 4.78 is 76.2. The summed E-state index contributed by atoms with van der Waals surface area (Å²) in [5.41, 5.74) is -3.43. The van der Waals surface area contributed by atoms with Crippen LogP contribution in [0.4, 0.5) is 26.3 Å². The van der Waals surface area contributed by atoms with Crippen LogP contribution < -0.4 is 0 Å². The molecule has 1 saturated carbocycles. The van der Waals surface area contributed by atoms with Crippen molar-refractivity contribution in [3.8, 4) is 0 Å². The molecule has 1 aromatic rings. The minimum Gasteiger partial charge on any atom is -0.481 e. The smallest absolute Gasteiger partial charge is 0.416 e. The van der Waals surface area contributed by atoms with E-state index in [1.807, 2.05) is 0 Å². The van der Waals surface area contributed by atoms with Crippen molar-refractivity contribution >= 4 is 5.97 Å². The first-order valence-corrected chi connectivity index (χ1v) is 6.02. The van der Waals surface area contributed by atoms with Gasteiger partial charge >= 0.3 is 18.3 Å². The van der Waals surface area contributed by atoms with Crippen molar-refractivity contribution in [1.82, 2.24) is 0 Å². The highest BCUT2D eigenvalue weighted by molar-refractivity contribution is 5.77. The Balaban J connectivity index is 2.57. The van der Waals surface area contributed by atoms with Gasteiger partial charge in [-0.05, 0) is 42.5 Å². The number of hydrogen-bond acceptors (Lipinski definition) is 1. The monoisotopic (exact) mass is 312 g/mol. The van der Waals surface area contributed by atoms with E-state index in [1.54, 1.807) is 0 Å². The minimum absolute atomic E-state index is 0.00465. The van der Waals surface area contributed by atoms with Crippen LogP contribution in [-0.2, 0) is 17.1 Å². The molecule has 2 nitrogen and oxygen atoms in total. The van der Waals surface area contributed by atoms with Gasteiger partial charge in [0.25, 0.3) is 0 Å². The maximum atomic E-state index is 12.7. The topological polar surface area (TPSA) is 37.3 Å². The van der Waals surface area contributed by atoms with Gasteiger partial charge in [-0.25, -0.2) is 0 Å². The standard InChI is InChI=1S/C13H10F6O2/c14-12(15,16)8-3-7(4-9(5-8)13(17,18)19)10(11(20)21)6-1-2-6/h3-6,10H,1-2H2,(H,20,21). The van der Waals surface area contributed by atoms with E-state index in [2.05, 4.69) is 0 Å². The molecule has 116 valence electrons. The van der Waals surface area contributed by atoms with Crippen LogP contribution in [0.3, 0.4) is 0 Å². The van der Waals surface area contributed by atoms with Crippen LogP contribution in [0, 0.1) is 5.92 Å². The summed E-state index contributed by atoms with van der Waals surface area (Å²) in [6.07, 6.45) is -8.98. The van der Waals surface area contributed by atoms with Gasteiger partial charge in [-0.2, -0.15) is 26.3 Å². The van der Waals surface area contributed by atoms with E-state index in [0.29, 0.717) is 25.0 Å². The zero-order valence-electron chi connectivity index (χ0n) is 10.4. The van der Waals surface area contributed by atoms with E-state index in [9.17, 15) is 31.1 Å². The van der Waals surface area contributed by atoms with E-state index < -0.39 is 46.8 Å². The van der Waals surface area contributed by atoms with Crippen molar-refractivity contribution < 1.29 is 36.2 Å². The van der Waals surface area contributed by atoms with E-state index in [0.717, 1.165) is 0 Å². The van der Waals surface area contributed by atoms with E-state index >= 15 is 0 Å². The minimum atomic E-state index is -4.97. The molecule has 2 rings (SSSR count). The summed E-state index contributed by atoms with van der Waals surface area (Å²) in [5, 5.41) is 9.06. The lowest BCUT2D eigenvalue weighted by Gasteiger charge is -2.17. The molecule has 0 saturated heterocycles. The first-order valence-electron chi connectivity index (χ1n) is 6.02. The number of alkyl halides is 6. The summed E-state index contributed by atoms with van der Waals surface area (Å²) in [5.74, 6) is -3.16. The molecule has 1 N–H and O–H groups in total. The fourth-order valence-electron chi connectivity index (χ4n) is 2.20. The van der Waals surface area contributed by atoms with E-state index in [4.69, 9.17) is 5.11 Å². The number of carboxylic acids is 1. The molecule has 1 aliphatic rings. The normalized spacial score (nSPS) is 17.6. The highest BCUT2D eigenvalue weighted by Crippen LogP contribution is 2.45. The van der Waals surface area contributed by atoms with Crippen molar-refractivity contribution in [3.63, 3.8) is 0 Å². The van der Waals surface area contributed by atoms with Crippen LogP contribution in [-0.4, -0.2) is 11.1 Å². The van der Waals surface area contributed by atoms with Crippen LogP contribution in [0.25, 0.3) is 0 Å². The third kappa shape index (κ3) is 3.48. The summed E-state index contributed by atoms with van der Waals surface area (Å²) in [6, 6.07) is 0.980. The second-order valence-electron chi connectivity index (χ2n) is 4.99. The van der Waals surface area contributed by atoms with Crippen molar-refractivity contribution in [1.29, 1.82) is 0 Å². The molecule has 1 fully saturated rings. The van der Waals surface area contributed by atoms with Crippen molar-refractivity contribution in [3.05, 3.63) is 34.9 Å². The molecule has 1 aliphatic carbocycles. The van der Waals surface area contributed by atoms with Gasteiger partial charge in [0.1, 0.15) is 0 Å². The third-order valence-electron chi connectivity index (χ3n) is 3.33. The molecular formula is C13H10F6O2. The third-order valence-corrected chi connectivity index (χ3v) is 3.33. The lowest BCUT2D eigenvalue weighted by atomic mass is 9.91. The highest BCUT2D eigenvalue weighted by Gasteiger charge is 2.42. The largest absolute Gasteiger partial charge is 0.481 e. The molecule has 1 atom stereocenters. The van der Waals surface area contributed by atoms with E-state index in [1.165, 1.54) is 0 Å². The Morgan fingerprint density at radius 3 is 1.71 bits per heavy atom. The lowest BCUT2D eigenvalue weighted by Crippen LogP contribution is -2.17. The number of halogens is 6. The van der Waals surface area contributed by atoms with E-state index in [-0.39, 0.29) is 6.07 Å². The number of carboxylic acid groups (broad SMARTS) is 1. The molecule has 0 aromatic heterocycles. The van der Waals surface area contributed by atoms with Crippen LogP contribution >= 0.6 is 0 Å². The molecule has 0 amide bonds. The Morgan fingerprint density at radius 2 is 1.43 bits per heavy atom. The molecular weight excluding hydrogens is 302 g/mol. The average molecular weight is 312 g/mol. The van der Waals surface area contributed by atoms with Gasteiger partial charge < -0.3 is 5.11 Å². The van der Waals surface area contributed by atoms with Crippen molar-refractivity contribution in [2.24, 2.45) is 5.92 Å². The maximum absolute atomic E-state index is 12.7. The Morgan fingerprint density at radius 1 is 1.00 bits per heavy atom. The van der Waals surface area contributed by atoms with Crippen LogP contribution in [0.1, 0.15) is 35.4 Å². The molecule has 1 aromatic carbocycles. The van der Waals surface area contributed by atoms with Gasteiger partial charge in [0, 0.05) is 0 Å². The Kier molecular flexibility index (Phi) is 3.67. The molecule has 0 heterocycles. The molecule has 0 aliphatic heterocycles. The predicted molar refractivity (Wildman–Crippen MR) is 59.5 cm³/mol. The highest BCUT2D eigenvalue weighted by atomic mass is 19.4. The number of carbonyl (C=O) groups is 1. The second kappa shape index (κ2) is 4.92. The summed E-state index contributed by atoms with van der Waals surface area (Å²) >= 11 is 0. The quantitative estimate of drug-likeness (QED) is 0.845. The van der Waals surface area contributed by atoms with Crippen molar-refractivity contribution in [2.45, 2.75) is 31.1 Å². The van der Waals surface area contributed by atoms with Gasteiger partial charge in [0.2, 0.25) is 0 Å². The van der Waals surface area contributed by atoms with Gasteiger partial charge in [-0.15, -0.1) is 0 Å². The first-order chi connectivity index (χ1) is 9.50. The SMILES string of the molecule is O=C(O)C(c1cc(C(F)(F)F)cc(C(F)(F)F)c1)C1CC1. The Hall–Kier alpha value is -1.73. The Labute approximate surface area is 115 Å². The second-order valence-corrected chi connectivity index (χ2v) is 4.99. The summed E-state index contributed by atoms with van der Waals surface area (Å²) in [7, 11) is 0. The lowest BCUT2D eigenvalue weighted by molar-refractivity contribution is -0.144. The molecule has 21 heavy (non-hydrogen) atoms. The van der Waals surface area contributed by atoms with Gasteiger partial charge in [-0.3, -0.25) is 4.79 Å². The molecule has 8 heteroatoms. The molecule has 0 radical (unpaired) electrons. The Bertz CT molecular complexity index is 525. The number of benzene rings is 1. The fraction of sp³-hybridized carbons (Fsp3) is 0.462. The van der Waals surface area contributed by atoms with Crippen LogP contribution in [0.5, 0.6) is 0 Å². The first kappa shape index (κ1) is 15.7. The zero-order chi connectivity index (χ0) is 16.0. The van der Waals surface area contributed by atoms with Crippen LogP contribution in [0.15, 0.2) is 18.2 Å². The van der Waals surface area contributed by atoms with Gasteiger partial charge in [0.15, 0.2) is 0 Å². The zero-order valence-corrected chi connectivity index (χ0v) is 10.4. The summed E-state index contributed by atoms with van der Waals surface area (Å²) in [6.45, 7) is 0. The summed E-state index contributed by atoms with van der Waals surface area (Å²) in [4.78, 5) is 11.1. The molecule has 1 unspecified atom stereocenters. The number of hydrogen-bond donors (Lipinski definition) is 1. The van der Waals surface area contributed by atoms with Crippen LogP contribution in [0.2, 0.25) is 0 Å². The molecule has 0 spiro atoms. The number of rotatable bonds is 3. The number of aliphatic carboxylic acids is 1. The van der Waals surface area contributed by atoms with Gasteiger partial charge in [-0.1, -0.05) is 0 Å².